The summed E-state index contributed by atoms with van der Waals surface area (Å²) in [6, 6.07) is 10.6. The van der Waals surface area contributed by atoms with E-state index in [1.807, 2.05) is 0 Å². The number of methoxy groups -OCH3 is 1. The third kappa shape index (κ3) is 3.75. The number of sulfone groups is 1. The summed E-state index contributed by atoms with van der Waals surface area (Å²) in [6.45, 7) is 0. The Labute approximate surface area is 133 Å². The van der Waals surface area contributed by atoms with E-state index in [1.165, 1.54) is 43.5 Å². The summed E-state index contributed by atoms with van der Waals surface area (Å²) in [5.41, 5.74) is 5.55. The zero-order chi connectivity index (χ0) is 17.0. The van der Waals surface area contributed by atoms with Crippen molar-refractivity contribution in [1.82, 2.24) is 0 Å². The number of nitrogens with two attached hydrogens (primary N) is 1. The molecule has 0 aliphatic rings. The minimum absolute atomic E-state index is 0.0922. The number of carbonyl (C=O) groups is 1. The smallest absolute Gasteiger partial charge is 0.260 e. The molecule has 0 saturated carbocycles. The van der Waals surface area contributed by atoms with Gasteiger partial charge in [0, 0.05) is 0 Å². The van der Waals surface area contributed by atoms with Crippen LogP contribution in [-0.4, -0.2) is 21.4 Å². The minimum atomic E-state index is -4.10. The van der Waals surface area contributed by atoms with Crippen LogP contribution in [0.4, 0.5) is 4.39 Å². The van der Waals surface area contributed by atoms with Crippen molar-refractivity contribution >= 4 is 21.8 Å². The van der Waals surface area contributed by atoms with E-state index >= 15 is 0 Å². The quantitative estimate of drug-likeness (QED) is 0.848. The molecule has 0 aliphatic heterocycles. The van der Waals surface area contributed by atoms with E-state index in [9.17, 15) is 17.6 Å². The molecule has 0 unspecified atom stereocenters. The predicted octanol–water partition coefficient (Wildman–Crippen LogP) is 2.13. The SMILES string of the molecule is COc1ccc(S(=O)(=O)C(=Cc2ccc(F)cc2)C(N)=O)cc1. The molecule has 23 heavy (non-hydrogen) atoms. The van der Waals surface area contributed by atoms with E-state index in [2.05, 4.69) is 0 Å². The lowest BCUT2D eigenvalue weighted by molar-refractivity contribution is -0.113. The van der Waals surface area contributed by atoms with Crippen molar-refractivity contribution < 1.29 is 22.3 Å². The molecule has 0 heterocycles. The topological polar surface area (TPSA) is 86.5 Å². The Morgan fingerprint density at radius 1 is 1.09 bits per heavy atom. The molecular weight excluding hydrogens is 321 g/mol. The standard InChI is InChI=1S/C16H14FNO4S/c1-22-13-6-8-14(9-7-13)23(20,21)15(16(18)19)10-11-2-4-12(17)5-3-11/h2-10H,1H3,(H2,18,19). The molecule has 1 amide bonds. The summed E-state index contributed by atoms with van der Waals surface area (Å²) >= 11 is 0. The summed E-state index contributed by atoms with van der Waals surface area (Å²) in [5, 5.41) is 0. The van der Waals surface area contributed by atoms with Crippen LogP contribution >= 0.6 is 0 Å². The van der Waals surface area contributed by atoms with Gasteiger partial charge in [0.2, 0.25) is 9.84 Å². The van der Waals surface area contributed by atoms with Crippen molar-refractivity contribution in [2.75, 3.05) is 7.11 Å². The van der Waals surface area contributed by atoms with Gasteiger partial charge < -0.3 is 10.5 Å². The molecule has 0 fully saturated rings. The Bertz CT molecular complexity index is 841. The third-order valence-electron chi connectivity index (χ3n) is 3.07. The Morgan fingerprint density at radius 3 is 2.13 bits per heavy atom. The highest BCUT2D eigenvalue weighted by Gasteiger charge is 2.25. The second-order valence-corrected chi connectivity index (χ2v) is 6.52. The monoisotopic (exact) mass is 335 g/mol. The second-order valence-electron chi connectivity index (χ2n) is 4.60. The van der Waals surface area contributed by atoms with Gasteiger partial charge in [0.05, 0.1) is 12.0 Å². The summed E-state index contributed by atoms with van der Waals surface area (Å²) < 4.78 is 43.0. The molecule has 5 nitrogen and oxygen atoms in total. The average molecular weight is 335 g/mol. The van der Waals surface area contributed by atoms with Crippen molar-refractivity contribution in [3.8, 4) is 5.75 Å². The summed E-state index contributed by atoms with van der Waals surface area (Å²) in [4.78, 5) is 10.9. The van der Waals surface area contributed by atoms with Crippen molar-refractivity contribution in [3.63, 3.8) is 0 Å². The van der Waals surface area contributed by atoms with Gasteiger partial charge in [0.1, 0.15) is 16.5 Å². The van der Waals surface area contributed by atoms with E-state index in [1.54, 1.807) is 0 Å². The first-order valence-corrected chi connectivity index (χ1v) is 7.99. The summed E-state index contributed by atoms with van der Waals surface area (Å²) in [5.74, 6) is -1.09. The number of hydrogen-bond acceptors (Lipinski definition) is 4. The van der Waals surface area contributed by atoms with Crippen molar-refractivity contribution in [1.29, 1.82) is 0 Å². The lowest BCUT2D eigenvalue weighted by Crippen LogP contribution is -2.21. The average Bonchev–Trinajstić information content (AvgIpc) is 2.53. The van der Waals surface area contributed by atoms with Crippen LogP contribution in [-0.2, 0) is 14.6 Å². The van der Waals surface area contributed by atoms with Gasteiger partial charge in [-0.3, -0.25) is 4.79 Å². The van der Waals surface area contributed by atoms with E-state index in [4.69, 9.17) is 10.5 Å². The molecule has 0 atom stereocenters. The molecule has 2 rings (SSSR count). The molecule has 0 saturated heterocycles. The lowest BCUT2D eigenvalue weighted by atomic mass is 10.2. The minimum Gasteiger partial charge on any atom is -0.497 e. The molecule has 0 spiro atoms. The zero-order valence-corrected chi connectivity index (χ0v) is 13.0. The van der Waals surface area contributed by atoms with E-state index in [0.29, 0.717) is 11.3 Å². The maximum absolute atomic E-state index is 12.9. The second kappa shape index (κ2) is 6.62. The molecule has 7 heteroatoms. The maximum atomic E-state index is 12.9. The van der Waals surface area contributed by atoms with E-state index < -0.39 is 26.5 Å². The predicted molar refractivity (Wildman–Crippen MR) is 83.8 cm³/mol. The molecule has 0 aliphatic carbocycles. The maximum Gasteiger partial charge on any atom is 0.260 e. The molecule has 2 aromatic carbocycles. The Balaban J connectivity index is 2.50. The first-order chi connectivity index (χ1) is 10.8. The first kappa shape index (κ1) is 16.7. The van der Waals surface area contributed by atoms with E-state index in [0.717, 1.165) is 18.2 Å². The number of amides is 1. The van der Waals surface area contributed by atoms with Crippen LogP contribution in [0.5, 0.6) is 5.75 Å². The number of hydrogen-bond donors (Lipinski definition) is 1. The number of primary amides is 1. The van der Waals surface area contributed by atoms with Crippen molar-refractivity contribution in [2.24, 2.45) is 5.73 Å². The number of halogens is 1. The normalized spacial score (nSPS) is 12.0. The van der Waals surface area contributed by atoms with Gasteiger partial charge in [-0.1, -0.05) is 12.1 Å². The fraction of sp³-hybridized carbons (Fsp3) is 0.0625. The van der Waals surface area contributed by atoms with Crippen molar-refractivity contribution in [3.05, 3.63) is 64.8 Å². The highest BCUT2D eigenvalue weighted by Crippen LogP contribution is 2.23. The van der Waals surface area contributed by atoms with Gasteiger partial charge in [0.15, 0.2) is 0 Å². The third-order valence-corrected chi connectivity index (χ3v) is 4.86. The number of ether oxygens (including phenoxy) is 1. The number of carbonyl (C=O) groups excluding carboxylic acids is 1. The number of rotatable bonds is 5. The Kier molecular flexibility index (Phi) is 4.80. The molecule has 0 bridgehead atoms. The van der Waals surface area contributed by atoms with Gasteiger partial charge >= 0.3 is 0 Å². The zero-order valence-electron chi connectivity index (χ0n) is 12.2. The van der Waals surface area contributed by atoms with Gasteiger partial charge in [-0.2, -0.15) is 0 Å². The van der Waals surface area contributed by atoms with Gasteiger partial charge in [-0.05, 0) is 48.0 Å². The van der Waals surface area contributed by atoms with Crippen molar-refractivity contribution in [2.45, 2.75) is 4.90 Å². The van der Waals surface area contributed by atoms with Crippen LogP contribution in [0.15, 0.2) is 58.3 Å². The fourth-order valence-corrected chi connectivity index (χ4v) is 3.18. The van der Waals surface area contributed by atoms with Crippen LogP contribution < -0.4 is 10.5 Å². The molecule has 0 radical (unpaired) electrons. The molecule has 120 valence electrons. The fourth-order valence-electron chi connectivity index (χ4n) is 1.87. The highest BCUT2D eigenvalue weighted by molar-refractivity contribution is 7.96. The van der Waals surface area contributed by atoms with Crippen LogP contribution in [0.1, 0.15) is 5.56 Å². The van der Waals surface area contributed by atoms with Gasteiger partial charge in [0.25, 0.3) is 5.91 Å². The molecular formula is C16H14FNO4S. The largest absolute Gasteiger partial charge is 0.497 e. The molecule has 2 N–H and O–H groups in total. The Hall–Kier alpha value is -2.67. The van der Waals surface area contributed by atoms with Crippen LogP contribution in [0.2, 0.25) is 0 Å². The van der Waals surface area contributed by atoms with Gasteiger partial charge in [-0.25, -0.2) is 12.8 Å². The lowest BCUT2D eigenvalue weighted by Gasteiger charge is -2.07. The van der Waals surface area contributed by atoms with Crippen LogP contribution in [0.25, 0.3) is 6.08 Å². The molecule has 2 aromatic rings. The van der Waals surface area contributed by atoms with Crippen LogP contribution in [0, 0.1) is 5.82 Å². The van der Waals surface area contributed by atoms with Crippen LogP contribution in [0.3, 0.4) is 0 Å². The van der Waals surface area contributed by atoms with E-state index in [-0.39, 0.29) is 4.90 Å². The Morgan fingerprint density at radius 2 is 1.65 bits per heavy atom. The summed E-state index contributed by atoms with van der Waals surface area (Å²) in [7, 11) is -2.65. The summed E-state index contributed by atoms with van der Waals surface area (Å²) in [6.07, 6.45) is 1.11. The van der Waals surface area contributed by atoms with Gasteiger partial charge in [-0.15, -0.1) is 0 Å². The molecule has 0 aromatic heterocycles. The first-order valence-electron chi connectivity index (χ1n) is 6.51. The highest BCUT2D eigenvalue weighted by atomic mass is 32.2. The number of benzene rings is 2.